The molecule has 2 fully saturated rings. The second-order valence-corrected chi connectivity index (χ2v) is 8.47. The third-order valence-corrected chi connectivity index (χ3v) is 6.36. The highest BCUT2D eigenvalue weighted by Crippen LogP contribution is 2.71. The first kappa shape index (κ1) is 15.5. The molecular weight excluding hydrogens is 261 g/mol. The van der Waals surface area contributed by atoms with Gasteiger partial charge in [-0.3, -0.25) is 4.90 Å². The monoisotopic (exact) mass is 293 g/mol. The molecule has 0 radical (unpaired) electrons. The van der Waals surface area contributed by atoms with E-state index in [1.807, 2.05) is 0 Å². The number of piperidine rings is 1. The summed E-state index contributed by atoms with van der Waals surface area (Å²) in [6.45, 7) is 15.3. The third kappa shape index (κ3) is 2.12. The van der Waals surface area contributed by atoms with Crippen LogP contribution in [-0.2, 0) is 0 Å². The Kier molecular flexibility index (Phi) is 3.75. The van der Waals surface area contributed by atoms with Crippen LogP contribution in [0.2, 0.25) is 0 Å². The second kappa shape index (κ2) is 5.08. The van der Waals surface area contributed by atoms with Gasteiger partial charge in [-0.25, -0.2) is 4.39 Å². The normalized spacial score (nSPS) is 40.0. The average Bonchev–Trinajstić information content (AvgIpc) is 3.11. The van der Waals surface area contributed by atoms with Gasteiger partial charge >= 0.3 is 0 Å². The van der Waals surface area contributed by atoms with Crippen LogP contribution in [0.4, 0.5) is 4.39 Å². The molecule has 1 saturated carbocycles. The van der Waals surface area contributed by atoms with Crippen molar-refractivity contribution in [2.24, 2.45) is 29.1 Å². The summed E-state index contributed by atoms with van der Waals surface area (Å²) in [5.41, 5.74) is 3.05. The molecule has 0 N–H and O–H groups in total. The summed E-state index contributed by atoms with van der Waals surface area (Å²) in [7, 11) is 0. The lowest BCUT2D eigenvalue weighted by Gasteiger charge is -2.48. The van der Waals surface area contributed by atoms with Crippen molar-refractivity contribution in [2.45, 2.75) is 66.6 Å². The van der Waals surface area contributed by atoms with E-state index < -0.39 is 6.17 Å². The lowest BCUT2D eigenvalue weighted by molar-refractivity contribution is 0.00184. The predicted molar refractivity (Wildman–Crippen MR) is 87.0 cm³/mol. The summed E-state index contributed by atoms with van der Waals surface area (Å²) in [5, 5.41) is 0. The first-order valence-electron chi connectivity index (χ1n) is 8.93. The van der Waals surface area contributed by atoms with Crippen molar-refractivity contribution < 1.29 is 4.39 Å². The predicted octanol–water partition coefficient (Wildman–Crippen LogP) is 4.68. The van der Waals surface area contributed by atoms with E-state index in [4.69, 9.17) is 0 Å². The van der Waals surface area contributed by atoms with Crippen LogP contribution in [0.25, 0.3) is 0 Å². The van der Waals surface area contributed by atoms with Crippen LogP contribution < -0.4 is 0 Å². The van der Waals surface area contributed by atoms with Crippen LogP contribution in [0, 0.1) is 29.1 Å². The smallest absolute Gasteiger partial charge is 0.122 e. The molecule has 21 heavy (non-hydrogen) atoms. The van der Waals surface area contributed by atoms with Crippen molar-refractivity contribution in [3.63, 3.8) is 0 Å². The van der Waals surface area contributed by atoms with Crippen LogP contribution >= 0.6 is 0 Å². The molecule has 120 valence electrons. The molecule has 1 nitrogen and oxygen atoms in total. The largest absolute Gasteiger partial charge is 0.298 e. The zero-order valence-electron chi connectivity index (χ0n) is 14.6. The fourth-order valence-corrected chi connectivity index (χ4v) is 5.52. The third-order valence-electron chi connectivity index (χ3n) is 6.36. The fourth-order valence-electron chi connectivity index (χ4n) is 5.52. The SMILES string of the molecule is CC(C)C1=C(C(C)C)[C@@]2(CCN(C(C)C)C[C@H]2F)[C@@H]2C[C@H]12. The van der Waals surface area contributed by atoms with Crippen LogP contribution in [0.15, 0.2) is 11.1 Å². The van der Waals surface area contributed by atoms with E-state index in [1.54, 1.807) is 5.57 Å². The zero-order valence-corrected chi connectivity index (χ0v) is 14.6. The Morgan fingerprint density at radius 1 is 1.10 bits per heavy atom. The van der Waals surface area contributed by atoms with Crippen LogP contribution in [0.5, 0.6) is 0 Å². The summed E-state index contributed by atoms with van der Waals surface area (Å²) in [6, 6.07) is 0.466. The molecule has 0 aromatic rings. The molecule has 3 aliphatic rings. The minimum absolute atomic E-state index is 0.107. The maximum atomic E-state index is 15.4. The minimum atomic E-state index is -0.669. The zero-order chi connectivity index (χ0) is 15.5. The summed E-state index contributed by atoms with van der Waals surface area (Å²) in [4.78, 5) is 2.33. The van der Waals surface area contributed by atoms with E-state index in [9.17, 15) is 0 Å². The van der Waals surface area contributed by atoms with E-state index in [0.29, 0.717) is 36.3 Å². The fraction of sp³-hybridized carbons (Fsp3) is 0.895. The van der Waals surface area contributed by atoms with Gasteiger partial charge < -0.3 is 0 Å². The molecule has 0 aromatic carbocycles. The van der Waals surface area contributed by atoms with Crippen molar-refractivity contribution in [1.82, 2.24) is 4.90 Å². The van der Waals surface area contributed by atoms with Crippen LogP contribution in [0.3, 0.4) is 0 Å². The Balaban J connectivity index is 1.98. The highest BCUT2D eigenvalue weighted by Gasteiger charge is 2.66. The van der Waals surface area contributed by atoms with Gasteiger partial charge in [-0.2, -0.15) is 0 Å². The molecule has 1 saturated heterocycles. The van der Waals surface area contributed by atoms with E-state index in [-0.39, 0.29) is 5.41 Å². The summed E-state index contributed by atoms with van der Waals surface area (Å²) < 4.78 is 15.4. The molecule has 1 heterocycles. The Morgan fingerprint density at radius 3 is 2.24 bits per heavy atom. The van der Waals surface area contributed by atoms with Crippen molar-refractivity contribution in [1.29, 1.82) is 0 Å². The summed E-state index contributed by atoms with van der Waals surface area (Å²) in [5.74, 6) is 2.43. The summed E-state index contributed by atoms with van der Waals surface area (Å²) >= 11 is 0. The first-order valence-corrected chi connectivity index (χ1v) is 8.93. The van der Waals surface area contributed by atoms with Crippen LogP contribution in [-0.4, -0.2) is 30.2 Å². The molecule has 4 atom stereocenters. The van der Waals surface area contributed by atoms with Crippen molar-refractivity contribution >= 4 is 0 Å². The topological polar surface area (TPSA) is 3.24 Å². The number of fused-ring (bicyclic) bond motifs is 2. The van der Waals surface area contributed by atoms with Gasteiger partial charge in [0.15, 0.2) is 0 Å². The quantitative estimate of drug-likeness (QED) is 0.683. The van der Waals surface area contributed by atoms with Gasteiger partial charge in [0.2, 0.25) is 0 Å². The molecule has 0 amide bonds. The Labute approximate surface area is 130 Å². The molecule has 2 aliphatic carbocycles. The van der Waals surface area contributed by atoms with Crippen molar-refractivity contribution in [2.75, 3.05) is 13.1 Å². The second-order valence-electron chi connectivity index (χ2n) is 8.47. The van der Waals surface area contributed by atoms with Gasteiger partial charge in [0.05, 0.1) is 0 Å². The van der Waals surface area contributed by atoms with Crippen molar-refractivity contribution in [3.8, 4) is 0 Å². The van der Waals surface area contributed by atoms with Crippen LogP contribution in [0.1, 0.15) is 54.4 Å². The standard InChI is InChI=1S/C19H32FN/c1-11(2)17-14-9-15(14)19(18(17)12(3)4)7-8-21(13(5)6)10-16(19)20/h11-16H,7-10H2,1-6H3/t14-,15+,16+,19-/m0/s1. The lowest BCUT2D eigenvalue weighted by Crippen LogP contribution is -2.53. The molecule has 2 heteroatoms. The number of allylic oxidation sites excluding steroid dienone is 2. The van der Waals surface area contributed by atoms with E-state index >= 15 is 4.39 Å². The Morgan fingerprint density at radius 2 is 1.76 bits per heavy atom. The number of hydrogen-bond acceptors (Lipinski definition) is 1. The summed E-state index contributed by atoms with van der Waals surface area (Å²) in [6.07, 6.45) is 1.63. The van der Waals surface area contributed by atoms with Gasteiger partial charge in [0.1, 0.15) is 6.17 Å². The van der Waals surface area contributed by atoms with E-state index in [1.165, 1.54) is 12.0 Å². The average molecular weight is 293 g/mol. The highest BCUT2D eigenvalue weighted by atomic mass is 19.1. The molecule has 0 bridgehead atoms. The number of nitrogens with zero attached hydrogens (tertiary/aromatic N) is 1. The lowest BCUT2D eigenvalue weighted by atomic mass is 9.65. The molecule has 1 aliphatic heterocycles. The maximum Gasteiger partial charge on any atom is 0.122 e. The number of likely N-dealkylation sites (tertiary alicyclic amines) is 1. The van der Waals surface area contributed by atoms with E-state index in [2.05, 4.69) is 46.4 Å². The van der Waals surface area contributed by atoms with E-state index in [0.717, 1.165) is 13.0 Å². The highest BCUT2D eigenvalue weighted by molar-refractivity contribution is 5.43. The first-order chi connectivity index (χ1) is 9.80. The number of alkyl halides is 1. The Bertz CT molecular complexity index is 450. The molecular formula is C19H32FN. The Hall–Kier alpha value is -0.370. The molecule has 0 aromatic heterocycles. The number of rotatable bonds is 3. The molecule has 3 rings (SSSR count). The van der Waals surface area contributed by atoms with Crippen molar-refractivity contribution in [3.05, 3.63) is 11.1 Å². The number of halogens is 1. The van der Waals surface area contributed by atoms with Gasteiger partial charge in [-0.15, -0.1) is 0 Å². The van der Waals surface area contributed by atoms with Gasteiger partial charge in [0.25, 0.3) is 0 Å². The molecule has 1 spiro atoms. The maximum absolute atomic E-state index is 15.4. The minimum Gasteiger partial charge on any atom is -0.298 e. The molecule has 0 unspecified atom stereocenters. The van der Waals surface area contributed by atoms with Gasteiger partial charge in [-0.05, 0) is 56.9 Å². The number of hydrogen-bond donors (Lipinski definition) is 0. The van der Waals surface area contributed by atoms with Gasteiger partial charge in [0, 0.05) is 18.0 Å². The van der Waals surface area contributed by atoms with Gasteiger partial charge in [-0.1, -0.05) is 38.8 Å².